The van der Waals surface area contributed by atoms with Crippen molar-refractivity contribution < 1.29 is 106 Å². The van der Waals surface area contributed by atoms with E-state index in [2.05, 4.69) is 86.4 Å². The van der Waals surface area contributed by atoms with Gasteiger partial charge in [0.25, 0.3) is 11.8 Å². The lowest BCUT2D eigenvalue weighted by atomic mass is 9.45. The largest absolute Gasteiger partial charge is 0.486 e. The number of Topliss-reactive ketones (excluding diaryl/α,β-unsaturated/α-hetero) is 2. The van der Waals surface area contributed by atoms with E-state index in [4.69, 9.17) is 24.2 Å². The highest BCUT2D eigenvalue weighted by atomic mass is 19.1. The van der Waals surface area contributed by atoms with E-state index in [0.717, 1.165) is 108 Å². The van der Waals surface area contributed by atoms with Gasteiger partial charge in [-0.2, -0.15) is 5.26 Å². The summed E-state index contributed by atoms with van der Waals surface area (Å²) < 4.78 is 65.3. The number of aromatic nitrogens is 2. The van der Waals surface area contributed by atoms with Crippen molar-refractivity contribution in [2.45, 2.75) is 283 Å². The molecular formula is C120H138F3N5O19. The van der Waals surface area contributed by atoms with Gasteiger partial charge < -0.3 is 65.3 Å². The van der Waals surface area contributed by atoms with Crippen LogP contribution in [0.2, 0.25) is 0 Å². The number of aliphatic hydroxyl groups excluding tert-OH is 4. The van der Waals surface area contributed by atoms with E-state index in [9.17, 15) is 87.3 Å². The molecule has 5 aromatic carbocycles. The predicted molar refractivity (Wildman–Crippen MR) is 541 cm³/mol. The highest BCUT2D eigenvalue weighted by molar-refractivity contribution is 6.03. The van der Waals surface area contributed by atoms with Gasteiger partial charge >= 0.3 is 0 Å². The maximum absolute atomic E-state index is 14.2. The van der Waals surface area contributed by atoms with E-state index < -0.39 is 122 Å². The van der Waals surface area contributed by atoms with E-state index >= 15 is 0 Å². The topological polar surface area (TPSA) is 389 Å². The molecule has 17 aliphatic rings. The zero-order chi connectivity index (χ0) is 105. The minimum Gasteiger partial charge on any atom is -0.486 e. The van der Waals surface area contributed by atoms with Crippen LogP contribution < -0.4 is 20.1 Å². The fourth-order valence-electron chi connectivity index (χ4n) is 34.1. The number of nitrogens with one attached hydrogen (secondary N) is 2. The third-order valence-corrected chi connectivity index (χ3v) is 41.2. The maximum Gasteiger partial charge on any atom is 0.258 e. The van der Waals surface area contributed by atoms with Gasteiger partial charge in [-0.1, -0.05) is 171 Å². The molecule has 0 radical (unpaired) electrons. The smallest absolute Gasteiger partial charge is 0.258 e. The number of aliphatic hydroxyl groups is 7. The average Bonchev–Trinajstić information content (AvgIpc) is 1.54. The molecule has 147 heavy (non-hydrogen) atoms. The molecule has 9 N–H and O–H groups in total. The Morgan fingerprint density at radius 1 is 0.544 bits per heavy atom. The van der Waals surface area contributed by atoms with Crippen molar-refractivity contribution in [1.82, 2.24) is 15.3 Å². The number of nitrogens with zero attached hydrogens (tertiary/aromatic N) is 3. The Labute approximate surface area is 856 Å². The summed E-state index contributed by atoms with van der Waals surface area (Å²) in [5.41, 5.74) is -3.37. The van der Waals surface area contributed by atoms with Gasteiger partial charge in [-0.15, -0.1) is 0 Å². The molecular weight excluding hydrogens is 1870 g/mol. The second-order valence-electron chi connectivity index (χ2n) is 48.1. The molecule has 778 valence electrons. The van der Waals surface area contributed by atoms with Crippen molar-refractivity contribution in [2.75, 3.05) is 18.5 Å². The number of carbonyl (C=O) groups is 8. The number of nitriles is 1. The normalized spacial score (nSPS) is 40.8. The number of halogens is 3. The number of ketones is 6. The van der Waals surface area contributed by atoms with Crippen LogP contribution in [0.3, 0.4) is 0 Å². The number of allylic oxidation sites excluding steroid dienone is 13. The molecule has 23 rings (SSSR count). The molecule has 6 aromatic rings. The fourth-order valence-corrected chi connectivity index (χ4v) is 34.1. The van der Waals surface area contributed by atoms with Crippen LogP contribution >= 0.6 is 0 Å². The zero-order valence-electron chi connectivity index (χ0n) is 85.7. The van der Waals surface area contributed by atoms with Crippen molar-refractivity contribution in [3.8, 4) is 17.6 Å². The quantitative estimate of drug-likeness (QED) is 0.0461. The molecule has 16 aliphatic carbocycles. The number of carbonyl (C=O) groups excluding carboxylic acids is 8. The van der Waals surface area contributed by atoms with Crippen LogP contribution in [0.5, 0.6) is 11.5 Å². The van der Waals surface area contributed by atoms with Crippen LogP contribution in [-0.2, 0) is 47.8 Å². The monoisotopic (exact) mass is 2010 g/mol. The first-order valence-electron chi connectivity index (χ1n) is 53.3. The molecule has 12 saturated carbocycles. The SMILES string of the molecule is CC12CCC(=O)C=C1CCC1C2[C@@H](O)CC2(C)C1CC[C@]2(O)C(=O)COc1c(F)cc(F)cc1F.CCCC1O[C@@H]2CC3C4CCC5=CC(=O)C=CC5(C)C4[C@@H](O)CC3(C)[C@]2(C(=O)COc2ccc(C#N)cc2)O1.C[C@@H](NC(=O)[C@@]1(O)CCC2C3CCC4=CC(=O)C=CC4(C)C3[C@@H](O)CC21C)c1cccc2ccccc12.C[C@@H]1CC2C3CCC4=CC(=O)C=CC4(C)C3[C@@H](O)CC2(C)[C@@]1(O)C(=O)Nc1cnc2ccccc2n1. The second-order valence-corrected chi connectivity index (χ2v) is 48.1. The molecule has 1 aromatic heterocycles. The Bertz CT molecular complexity index is 6620. The minimum atomic E-state index is -1.82. The number of rotatable bonds is 15. The summed E-state index contributed by atoms with van der Waals surface area (Å²) in [5.74, 6) is -4.77. The van der Waals surface area contributed by atoms with Crippen molar-refractivity contribution >= 4 is 74.1 Å². The van der Waals surface area contributed by atoms with Crippen LogP contribution in [0.4, 0.5) is 19.0 Å². The Morgan fingerprint density at radius 2 is 1.04 bits per heavy atom. The summed E-state index contributed by atoms with van der Waals surface area (Å²) in [6.45, 7) is 21.5. The van der Waals surface area contributed by atoms with Crippen LogP contribution in [-0.4, -0.2) is 165 Å². The third kappa shape index (κ3) is 16.3. The second kappa shape index (κ2) is 37.8. The standard InChI is InChI=1S/C32H37NO6.C32H37NO4.C29H33N3O4.C27H31F3O5/c1-4-5-28-38-27-15-24-23-11-8-20-14-21(34)12-13-30(20,2)29(23)25(35)16-31(24,3)32(27,39-28)26(36)18-37-22-9-6-19(17-33)7-10-22;1-19(23-10-6-8-20-7-4-5-9-24(20)23)33-29(36)32(37)16-14-26-25-12-11-21-17-22(34)13-15-30(21,2)28(25)27(35)18-31(26,32)3;1-16-12-20-19-9-8-17-13-18(33)10-11-27(17,2)25(19)23(34)14-28(20,3)29(16,36)26(35)32-24-15-30-21-6-4-5-7-22(21)31-24;1-25-7-5-16(31)9-14(25)3-4-17-18-6-8-27(34,26(18,2)12-21(32)23(17)25)22(33)13-35-24-19(29)10-15(28)11-20(24)30/h6-7,9-10,12-14,23-25,27-29,35H,4-5,8,11,15-16,18H2,1-3H3;4-10,13,15,17,19,25-28,35,37H,11-12,14,16,18H2,1-3H3,(H,33,36);4-7,10-11,13,15-16,19-20,23,25,34,36H,8-9,12,14H2,1-3H3,(H,31,32,35);9-11,17-18,21,23,32,34H,3-8,12-13H2,1-2H3/t23?,24?,25-,27+,28?,29?,30?,31?,32+;19-,25?,26?,27+,28?,30?,31?,32+;16-,19?,20?,23+,25?,27?,28?,29+;17?,18?,21-,23?,25?,26?,27-/m0110/s1. The molecule has 1 saturated heterocycles. The van der Waals surface area contributed by atoms with E-state index in [1.165, 1.54) is 6.20 Å². The van der Waals surface area contributed by atoms with Crippen LogP contribution in [0.25, 0.3) is 21.8 Å². The lowest BCUT2D eigenvalue weighted by Crippen LogP contribution is -2.63. The molecule has 24 nitrogen and oxygen atoms in total. The summed E-state index contributed by atoms with van der Waals surface area (Å²) in [7, 11) is 0. The molecule has 1 aliphatic heterocycles. The number of para-hydroxylation sites is 2. The van der Waals surface area contributed by atoms with Gasteiger partial charge in [0, 0.05) is 74.2 Å². The zero-order valence-corrected chi connectivity index (χ0v) is 85.7. The lowest BCUT2D eigenvalue weighted by Gasteiger charge is -2.60. The Morgan fingerprint density at radius 3 is 1.62 bits per heavy atom. The molecule has 32 atom stereocenters. The summed E-state index contributed by atoms with van der Waals surface area (Å²) in [5, 5.41) is 99.6. The highest BCUT2D eigenvalue weighted by Crippen LogP contribution is 2.74. The minimum absolute atomic E-state index is 0.00777. The van der Waals surface area contributed by atoms with Gasteiger partial charge in [0.2, 0.25) is 11.6 Å². The van der Waals surface area contributed by atoms with E-state index in [-0.39, 0.29) is 159 Å². The lowest BCUT2D eigenvalue weighted by molar-refractivity contribution is -0.200. The van der Waals surface area contributed by atoms with Crippen LogP contribution in [0.1, 0.15) is 235 Å². The fraction of sp³-hybridized carbons (Fsp3) is 0.558. The van der Waals surface area contributed by atoms with E-state index in [1.54, 1.807) is 66.8 Å². The van der Waals surface area contributed by atoms with Gasteiger partial charge in [0.15, 0.2) is 63.8 Å². The molecule has 2 heterocycles. The highest BCUT2D eigenvalue weighted by Gasteiger charge is 2.78. The van der Waals surface area contributed by atoms with Crippen LogP contribution in [0, 0.1) is 149 Å². The third-order valence-electron chi connectivity index (χ3n) is 41.2. The van der Waals surface area contributed by atoms with Crippen LogP contribution in [0.15, 0.2) is 192 Å². The van der Waals surface area contributed by atoms with E-state index in [0.29, 0.717) is 99.0 Å². The number of ether oxygens (including phenoxy) is 4. The number of amides is 2. The predicted octanol–water partition coefficient (Wildman–Crippen LogP) is 17.8. The molecule has 0 spiro atoms. The summed E-state index contributed by atoms with van der Waals surface area (Å²) >= 11 is 0. The van der Waals surface area contributed by atoms with Crippen molar-refractivity contribution in [2.24, 2.45) is 120 Å². The van der Waals surface area contributed by atoms with Crippen molar-refractivity contribution in [1.29, 1.82) is 5.26 Å². The first-order chi connectivity index (χ1) is 69.7. The van der Waals surface area contributed by atoms with Gasteiger partial charge in [0.1, 0.15) is 36.0 Å². The molecule has 2 amide bonds. The number of anilines is 1. The first-order valence-corrected chi connectivity index (χ1v) is 53.3. The molecule has 27 heteroatoms. The summed E-state index contributed by atoms with van der Waals surface area (Å²) in [6, 6.07) is 31.1. The van der Waals surface area contributed by atoms with Gasteiger partial charge in [-0.25, -0.2) is 18.2 Å². The summed E-state index contributed by atoms with van der Waals surface area (Å²) in [4.78, 5) is 112. The number of hydrogen-bond acceptors (Lipinski definition) is 22. The van der Waals surface area contributed by atoms with E-state index in [1.807, 2.05) is 101 Å². The maximum atomic E-state index is 14.2. The average molecular weight is 2010 g/mol. The number of benzene rings is 5. The number of hydrogen-bond donors (Lipinski definition) is 9. The Hall–Kier alpha value is -10.6. The molecule has 13 fully saturated rings. The first kappa shape index (κ1) is 104. The molecule has 21 unspecified atom stereocenters. The van der Waals surface area contributed by atoms with Gasteiger partial charge in [0.05, 0.1) is 65.4 Å². The van der Waals surface area contributed by atoms with Crippen molar-refractivity contribution in [3.05, 3.63) is 221 Å². The molecule has 0 bridgehead atoms. The number of fused-ring (bicyclic) bond motifs is 24. The Kier molecular flexibility index (Phi) is 26.6. The van der Waals surface area contributed by atoms with Crippen molar-refractivity contribution in [3.63, 3.8) is 0 Å². The Balaban J connectivity index is 0.000000119. The van der Waals surface area contributed by atoms with Gasteiger partial charge in [-0.05, 0) is 295 Å². The summed E-state index contributed by atoms with van der Waals surface area (Å²) in [6.07, 6.45) is 29.6. The van der Waals surface area contributed by atoms with Gasteiger partial charge in [-0.3, -0.25) is 43.3 Å².